The molecule has 1 aromatic rings. The third-order valence-electron chi connectivity index (χ3n) is 4.82. The van der Waals surface area contributed by atoms with Gasteiger partial charge in [0.2, 0.25) is 0 Å². The molecular weight excluding hydrogens is 186 g/mol. The lowest BCUT2D eigenvalue weighted by Crippen LogP contribution is -2.54. The fraction of sp³-hybridized carbons (Fsp3) is 0.692. The van der Waals surface area contributed by atoms with Crippen LogP contribution in [-0.2, 0) is 5.41 Å². The maximum atomic E-state index is 5.64. The van der Waals surface area contributed by atoms with Crippen LogP contribution in [0.25, 0.3) is 0 Å². The van der Waals surface area contributed by atoms with Crippen LogP contribution in [-0.4, -0.2) is 12.6 Å². The Balaban J connectivity index is 1.88. The van der Waals surface area contributed by atoms with E-state index in [1.54, 1.807) is 0 Å². The van der Waals surface area contributed by atoms with Crippen molar-refractivity contribution in [3.8, 4) is 0 Å². The van der Waals surface area contributed by atoms with Crippen LogP contribution in [0.3, 0.4) is 0 Å². The lowest BCUT2D eigenvalue weighted by atomic mass is 9.56. The van der Waals surface area contributed by atoms with Crippen molar-refractivity contribution in [2.75, 3.05) is 7.05 Å². The molecule has 0 aromatic carbocycles. The molecule has 0 saturated heterocycles. The van der Waals surface area contributed by atoms with Crippen molar-refractivity contribution in [3.63, 3.8) is 0 Å². The Kier molecular flexibility index (Phi) is 1.96. The molecule has 2 nitrogen and oxygen atoms in total. The molecule has 15 heavy (non-hydrogen) atoms. The summed E-state index contributed by atoms with van der Waals surface area (Å²) in [6, 6.07) is 4.19. The Morgan fingerprint density at radius 1 is 1.13 bits per heavy atom. The maximum Gasteiger partial charge on any atom is 0.109 e. The third-order valence-corrected chi connectivity index (χ3v) is 4.82. The van der Waals surface area contributed by atoms with Crippen LogP contribution in [0, 0.1) is 0 Å². The number of hydrogen-bond donors (Lipinski definition) is 1. The Morgan fingerprint density at radius 2 is 1.80 bits per heavy atom. The third kappa shape index (κ3) is 1.27. The molecule has 0 spiro atoms. The van der Waals surface area contributed by atoms with Gasteiger partial charge < -0.3 is 9.73 Å². The molecule has 0 unspecified atom stereocenters. The van der Waals surface area contributed by atoms with Gasteiger partial charge in [0.1, 0.15) is 5.76 Å². The van der Waals surface area contributed by atoms with Crippen molar-refractivity contribution < 1.29 is 4.42 Å². The monoisotopic (exact) mass is 205 g/mol. The van der Waals surface area contributed by atoms with Crippen LogP contribution < -0.4 is 5.32 Å². The molecule has 3 aliphatic carbocycles. The van der Waals surface area contributed by atoms with Gasteiger partial charge in [0, 0.05) is 11.0 Å². The van der Waals surface area contributed by atoms with Gasteiger partial charge in [-0.3, -0.25) is 0 Å². The average Bonchev–Trinajstić information content (AvgIpc) is 2.86. The van der Waals surface area contributed by atoms with E-state index in [9.17, 15) is 0 Å². The maximum absolute atomic E-state index is 5.64. The average molecular weight is 205 g/mol. The topological polar surface area (TPSA) is 25.2 Å². The van der Waals surface area contributed by atoms with Crippen molar-refractivity contribution in [1.29, 1.82) is 0 Å². The number of rotatable bonds is 2. The first-order valence-corrected chi connectivity index (χ1v) is 6.02. The fourth-order valence-electron chi connectivity index (χ4n) is 3.51. The quantitative estimate of drug-likeness (QED) is 0.803. The van der Waals surface area contributed by atoms with E-state index in [1.165, 1.54) is 44.3 Å². The molecule has 82 valence electrons. The van der Waals surface area contributed by atoms with Crippen molar-refractivity contribution in [2.45, 2.75) is 49.5 Å². The Labute approximate surface area is 91.0 Å². The van der Waals surface area contributed by atoms with Gasteiger partial charge in [-0.2, -0.15) is 0 Å². The second kappa shape index (κ2) is 3.11. The molecule has 2 bridgehead atoms. The molecule has 1 aromatic heterocycles. The lowest BCUT2D eigenvalue weighted by molar-refractivity contribution is 0.0692. The van der Waals surface area contributed by atoms with Crippen molar-refractivity contribution in [3.05, 3.63) is 24.2 Å². The predicted molar refractivity (Wildman–Crippen MR) is 59.9 cm³/mol. The zero-order valence-electron chi connectivity index (χ0n) is 9.38. The van der Waals surface area contributed by atoms with Gasteiger partial charge in [-0.15, -0.1) is 0 Å². The molecule has 3 fully saturated rings. The summed E-state index contributed by atoms with van der Waals surface area (Å²) < 4.78 is 5.64. The molecule has 1 heterocycles. The minimum atomic E-state index is 0.377. The van der Waals surface area contributed by atoms with Gasteiger partial charge in [0.25, 0.3) is 0 Å². The molecule has 0 aliphatic heterocycles. The van der Waals surface area contributed by atoms with Crippen LogP contribution in [0.1, 0.15) is 44.3 Å². The largest absolute Gasteiger partial charge is 0.469 e. The number of nitrogens with one attached hydrogen (secondary N) is 1. The van der Waals surface area contributed by atoms with Crippen molar-refractivity contribution in [1.82, 2.24) is 5.32 Å². The van der Waals surface area contributed by atoms with Gasteiger partial charge in [-0.05, 0) is 57.7 Å². The predicted octanol–water partition coefficient (Wildman–Crippen LogP) is 2.84. The lowest BCUT2D eigenvalue weighted by Gasteiger charge is -2.52. The standard InChI is InChI=1S/C13H19NO/c1-14-13-7-4-12(5-8-13,6-9-13)11-3-2-10-15-11/h2-3,10,14H,4-9H2,1H3. The first kappa shape index (κ1) is 9.46. The molecule has 3 aliphatic rings. The van der Waals surface area contributed by atoms with Crippen LogP contribution in [0.4, 0.5) is 0 Å². The second-order valence-electron chi connectivity index (χ2n) is 5.29. The molecule has 3 saturated carbocycles. The summed E-state index contributed by atoms with van der Waals surface area (Å²) in [7, 11) is 2.12. The van der Waals surface area contributed by atoms with Gasteiger partial charge in [-0.25, -0.2) is 0 Å². The van der Waals surface area contributed by atoms with E-state index in [2.05, 4.69) is 18.4 Å². The van der Waals surface area contributed by atoms with Gasteiger partial charge in [-0.1, -0.05) is 0 Å². The number of hydrogen-bond acceptors (Lipinski definition) is 2. The Bertz CT molecular complexity index is 317. The number of fused-ring (bicyclic) bond motifs is 3. The molecule has 0 amide bonds. The van der Waals surface area contributed by atoms with Crippen LogP contribution in [0.15, 0.2) is 22.8 Å². The highest BCUT2D eigenvalue weighted by molar-refractivity contribution is 5.20. The Hall–Kier alpha value is -0.760. The molecule has 4 rings (SSSR count). The summed E-state index contributed by atoms with van der Waals surface area (Å²) in [5.41, 5.74) is 0.830. The molecule has 2 heteroatoms. The van der Waals surface area contributed by atoms with Gasteiger partial charge in [0.15, 0.2) is 0 Å². The first-order chi connectivity index (χ1) is 7.29. The summed E-state index contributed by atoms with van der Waals surface area (Å²) in [5.74, 6) is 1.23. The summed E-state index contributed by atoms with van der Waals surface area (Å²) >= 11 is 0. The Morgan fingerprint density at radius 3 is 2.27 bits per heavy atom. The summed E-state index contributed by atoms with van der Waals surface area (Å²) in [6.07, 6.45) is 9.63. The van der Waals surface area contributed by atoms with Gasteiger partial charge in [0.05, 0.1) is 6.26 Å². The zero-order chi connectivity index (χ0) is 10.4. The highest BCUT2D eigenvalue weighted by Gasteiger charge is 2.49. The van der Waals surface area contributed by atoms with E-state index in [0.717, 1.165) is 0 Å². The molecule has 0 atom stereocenters. The second-order valence-corrected chi connectivity index (χ2v) is 5.29. The fourth-order valence-corrected chi connectivity index (χ4v) is 3.51. The van der Waals surface area contributed by atoms with E-state index >= 15 is 0 Å². The summed E-state index contributed by atoms with van der Waals surface area (Å²) in [6.45, 7) is 0. The van der Waals surface area contributed by atoms with E-state index < -0.39 is 0 Å². The number of furan rings is 1. The van der Waals surface area contributed by atoms with Crippen LogP contribution >= 0.6 is 0 Å². The normalized spacial score (nSPS) is 39.5. The van der Waals surface area contributed by atoms with Crippen molar-refractivity contribution >= 4 is 0 Å². The van der Waals surface area contributed by atoms with E-state index in [1.807, 2.05) is 12.3 Å². The van der Waals surface area contributed by atoms with Gasteiger partial charge >= 0.3 is 0 Å². The molecular formula is C13H19NO. The van der Waals surface area contributed by atoms with E-state index in [0.29, 0.717) is 11.0 Å². The van der Waals surface area contributed by atoms with Crippen molar-refractivity contribution in [2.24, 2.45) is 0 Å². The molecule has 0 radical (unpaired) electrons. The smallest absolute Gasteiger partial charge is 0.109 e. The zero-order valence-corrected chi connectivity index (χ0v) is 9.38. The highest BCUT2D eigenvalue weighted by Crippen LogP contribution is 2.53. The van der Waals surface area contributed by atoms with E-state index in [-0.39, 0.29) is 0 Å². The minimum Gasteiger partial charge on any atom is -0.469 e. The SMILES string of the molecule is CNC12CCC(c3ccco3)(CC1)CC2. The molecule has 1 N–H and O–H groups in total. The van der Waals surface area contributed by atoms with E-state index in [4.69, 9.17) is 4.42 Å². The highest BCUT2D eigenvalue weighted by atomic mass is 16.3. The van der Waals surface area contributed by atoms with Crippen LogP contribution in [0.2, 0.25) is 0 Å². The summed E-state index contributed by atoms with van der Waals surface area (Å²) in [4.78, 5) is 0. The van der Waals surface area contributed by atoms with Crippen LogP contribution in [0.5, 0.6) is 0 Å². The first-order valence-electron chi connectivity index (χ1n) is 6.02. The minimum absolute atomic E-state index is 0.377. The summed E-state index contributed by atoms with van der Waals surface area (Å²) in [5, 5.41) is 3.54.